The zero-order valence-electron chi connectivity index (χ0n) is 8.21. The number of aromatic nitrogens is 3. The molecular weight excluding hydrogens is 226 g/mol. The molecule has 6 heteroatoms. The van der Waals surface area contributed by atoms with Crippen LogP contribution < -0.4 is 5.11 Å². The van der Waals surface area contributed by atoms with E-state index < -0.39 is 5.97 Å². The average Bonchev–Trinajstić information content (AvgIpc) is 2.79. The molecule has 0 atom stereocenters. The third-order valence-electron chi connectivity index (χ3n) is 1.99. The minimum atomic E-state index is -1.16. The molecule has 0 aliphatic heterocycles. The van der Waals surface area contributed by atoms with Gasteiger partial charge in [0.05, 0.1) is 5.97 Å². The number of rotatable bonds is 4. The maximum Gasteiger partial charge on any atom is 0.183 e. The van der Waals surface area contributed by atoms with E-state index >= 15 is 0 Å². The molecule has 1 N–H and O–H groups in total. The molecule has 0 amide bonds. The summed E-state index contributed by atoms with van der Waals surface area (Å²) in [7, 11) is 0. The van der Waals surface area contributed by atoms with Gasteiger partial charge >= 0.3 is 0 Å². The highest BCUT2D eigenvalue weighted by Gasteiger charge is 2.04. The van der Waals surface area contributed by atoms with E-state index in [0.717, 1.165) is 0 Å². The van der Waals surface area contributed by atoms with E-state index in [4.69, 9.17) is 0 Å². The van der Waals surface area contributed by atoms with Crippen molar-refractivity contribution >= 4 is 17.7 Å². The Hall–Kier alpha value is -1.82. The van der Waals surface area contributed by atoms with E-state index in [0.29, 0.717) is 16.5 Å². The van der Waals surface area contributed by atoms with Gasteiger partial charge in [-0.1, -0.05) is 36.0 Å². The van der Waals surface area contributed by atoms with Crippen LogP contribution in [0, 0.1) is 0 Å². The third-order valence-corrected chi connectivity index (χ3v) is 2.92. The van der Waals surface area contributed by atoms with Gasteiger partial charge in [-0.05, 0) is 5.56 Å². The fraction of sp³-hybridized carbons (Fsp3) is 0.100. The number of carboxylic acid groups (broad SMARTS) is 1. The molecule has 0 aliphatic rings. The molecule has 1 heterocycles. The second kappa shape index (κ2) is 4.80. The number of nitrogens with zero attached hydrogens (tertiary/aromatic N) is 2. The van der Waals surface area contributed by atoms with Crippen molar-refractivity contribution in [1.82, 2.24) is 15.2 Å². The number of H-pyrrole nitrogens is 1. The molecule has 0 unspecified atom stereocenters. The van der Waals surface area contributed by atoms with Crippen molar-refractivity contribution in [2.75, 3.05) is 0 Å². The first kappa shape index (κ1) is 10.7. The maximum absolute atomic E-state index is 10.8. The molecule has 1 aromatic carbocycles. The topological polar surface area (TPSA) is 81.7 Å². The van der Waals surface area contributed by atoms with Gasteiger partial charge in [0.25, 0.3) is 0 Å². The lowest BCUT2D eigenvalue weighted by Crippen LogP contribution is -2.23. The van der Waals surface area contributed by atoms with Gasteiger partial charge in [0, 0.05) is 11.3 Å². The van der Waals surface area contributed by atoms with Crippen molar-refractivity contribution in [3.05, 3.63) is 41.7 Å². The fourth-order valence-corrected chi connectivity index (χ4v) is 2.04. The van der Waals surface area contributed by atoms with Crippen LogP contribution in [-0.2, 0) is 5.75 Å². The summed E-state index contributed by atoms with van der Waals surface area (Å²) in [6, 6.07) is 6.76. The lowest BCUT2D eigenvalue weighted by atomic mass is 10.1. The Bertz CT molecular complexity index is 485. The van der Waals surface area contributed by atoms with Crippen molar-refractivity contribution in [2.45, 2.75) is 10.9 Å². The van der Waals surface area contributed by atoms with Crippen LogP contribution in [0.15, 0.2) is 35.7 Å². The summed E-state index contributed by atoms with van der Waals surface area (Å²) in [5.41, 5.74) is 0.929. The number of hydrogen-bond acceptors (Lipinski definition) is 5. The molecule has 2 aromatic rings. The van der Waals surface area contributed by atoms with E-state index in [1.807, 2.05) is 0 Å². The van der Waals surface area contributed by atoms with Crippen molar-refractivity contribution in [3.8, 4) is 0 Å². The van der Waals surface area contributed by atoms with E-state index in [2.05, 4.69) is 15.2 Å². The molecule has 5 nitrogen and oxygen atoms in total. The molecule has 0 saturated carbocycles. The normalized spacial score (nSPS) is 10.2. The highest BCUT2D eigenvalue weighted by Crippen LogP contribution is 2.20. The Labute approximate surface area is 95.9 Å². The molecule has 2 rings (SSSR count). The number of thioether (sulfide) groups is 1. The fourth-order valence-electron chi connectivity index (χ4n) is 1.26. The molecule has 0 spiro atoms. The highest BCUT2D eigenvalue weighted by atomic mass is 32.2. The minimum absolute atomic E-state index is 0.217. The van der Waals surface area contributed by atoms with Gasteiger partial charge in [-0.3, -0.25) is 5.10 Å². The first-order chi connectivity index (χ1) is 7.77. The lowest BCUT2D eigenvalue weighted by Gasteiger charge is -2.08. The minimum Gasteiger partial charge on any atom is -0.545 e. The second-order valence-corrected chi connectivity index (χ2v) is 3.99. The van der Waals surface area contributed by atoms with E-state index in [1.165, 1.54) is 24.2 Å². The van der Waals surface area contributed by atoms with Crippen LogP contribution in [0.1, 0.15) is 15.9 Å². The van der Waals surface area contributed by atoms with E-state index in [9.17, 15) is 9.90 Å². The predicted molar refractivity (Wildman–Crippen MR) is 56.7 cm³/mol. The zero-order valence-corrected chi connectivity index (χ0v) is 9.03. The smallest absolute Gasteiger partial charge is 0.183 e. The van der Waals surface area contributed by atoms with Gasteiger partial charge in [-0.25, -0.2) is 4.98 Å². The van der Waals surface area contributed by atoms with E-state index in [-0.39, 0.29) is 5.56 Å². The van der Waals surface area contributed by atoms with Crippen LogP contribution in [0.2, 0.25) is 0 Å². The quantitative estimate of drug-likeness (QED) is 0.777. The molecule has 0 bridgehead atoms. The number of nitrogens with one attached hydrogen (secondary N) is 1. The number of carboxylic acids is 1. The Morgan fingerprint density at radius 2 is 2.25 bits per heavy atom. The van der Waals surface area contributed by atoms with Crippen molar-refractivity contribution in [2.24, 2.45) is 0 Å². The summed E-state index contributed by atoms with van der Waals surface area (Å²) in [6.07, 6.45) is 1.41. The van der Waals surface area contributed by atoms with Gasteiger partial charge in [0.15, 0.2) is 5.16 Å². The lowest BCUT2D eigenvalue weighted by molar-refractivity contribution is -0.255. The monoisotopic (exact) mass is 234 g/mol. The molecule has 82 valence electrons. The Balaban J connectivity index is 2.12. The number of aromatic carboxylic acids is 1. The van der Waals surface area contributed by atoms with Gasteiger partial charge < -0.3 is 9.90 Å². The zero-order chi connectivity index (χ0) is 11.4. The summed E-state index contributed by atoms with van der Waals surface area (Å²) in [6.45, 7) is 0. The van der Waals surface area contributed by atoms with Crippen LogP contribution in [-0.4, -0.2) is 21.2 Å². The SMILES string of the molecule is O=C([O-])c1ccccc1CSc1ncn[nH]1. The van der Waals surface area contributed by atoms with E-state index in [1.54, 1.807) is 18.2 Å². The van der Waals surface area contributed by atoms with Gasteiger partial charge in [0.2, 0.25) is 0 Å². The number of carbonyl (C=O) groups excluding carboxylic acids is 1. The van der Waals surface area contributed by atoms with Crippen molar-refractivity contribution < 1.29 is 9.90 Å². The molecule has 16 heavy (non-hydrogen) atoms. The van der Waals surface area contributed by atoms with Crippen molar-refractivity contribution in [1.29, 1.82) is 0 Å². The summed E-state index contributed by atoms with van der Waals surface area (Å²) in [5, 5.41) is 17.9. The van der Waals surface area contributed by atoms with Crippen LogP contribution in [0.3, 0.4) is 0 Å². The Kier molecular flexibility index (Phi) is 3.21. The Morgan fingerprint density at radius 1 is 1.44 bits per heavy atom. The number of carbonyl (C=O) groups is 1. The third kappa shape index (κ3) is 2.40. The second-order valence-electron chi connectivity index (χ2n) is 3.02. The highest BCUT2D eigenvalue weighted by molar-refractivity contribution is 7.98. The van der Waals surface area contributed by atoms with Gasteiger partial charge in [-0.2, -0.15) is 5.10 Å². The number of aromatic amines is 1. The van der Waals surface area contributed by atoms with Crippen LogP contribution in [0.4, 0.5) is 0 Å². The van der Waals surface area contributed by atoms with Crippen molar-refractivity contribution in [3.63, 3.8) is 0 Å². The first-order valence-electron chi connectivity index (χ1n) is 4.55. The number of hydrogen-bond donors (Lipinski definition) is 1. The summed E-state index contributed by atoms with van der Waals surface area (Å²) >= 11 is 1.39. The standard InChI is InChI=1S/C10H9N3O2S/c14-9(15)8-4-2-1-3-7(8)5-16-10-11-6-12-13-10/h1-4,6H,5H2,(H,14,15)(H,11,12,13)/p-1. The molecule has 0 aliphatic carbocycles. The van der Waals surface area contributed by atoms with Crippen LogP contribution in [0.25, 0.3) is 0 Å². The first-order valence-corrected chi connectivity index (χ1v) is 5.53. The Morgan fingerprint density at radius 3 is 2.94 bits per heavy atom. The summed E-state index contributed by atoms with van der Waals surface area (Å²) in [4.78, 5) is 14.8. The van der Waals surface area contributed by atoms with Gasteiger partial charge in [0.1, 0.15) is 6.33 Å². The van der Waals surface area contributed by atoms with Gasteiger partial charge in [-0.15, -0.1) is 0 Å². The largest absolute Gasteiger partial charge is 0.545 e. The molecule has 0 radical (unpaired) electrons. The predicted octanol–water partition coefficient (Wildman–Crippen LogP) is 0.460. The molecular formula is C10H8N3O2S-. The van der Waals surface area contributed by atoms with Crippen LogP contribution >= 0.6 is 11.8 Å². The maximum atomic E-state index is 10.8. The molecule has 0 fully saturated rings. The van der Waals surface area contributed by atoms with Crippen LogP contribution in [0.5, 0.6) is 0 Å². The summed E-state index contributed by atoms with van der Waals surface area (Å²) in [5.74, 6) is -0.645. The number of benzene rings is 1. The molecule has 0 saturated heterocycles. The summed E-state index contributed by atoms with van der Waals surface area (Å²) < 4.78 is 0. The average molecular weight is 234 g/mol. The molecule has 1 aromatic heterocycles.